The van der Waals surface area contributed by atoms with E-state index in [1.165, 1.54) is 32.4 Å². The molecule has 0 spiro atoms. The standard InChI is InChI=1S/C22H31N5O3.C18H22N2O4.C16H19N3O3.C16H18N2O4.C10H14N2O3.C7H16N2.C6H10O2/c1-15-11-17(13-24-22(15)29-3)27-19-7-10-30-9-6-18(19)20(25-27)21(28)23-12-16-5-4-8-26(2)14-16;1-4-24-18(21)17-14-7-9-23-10-8-15(14)20(19-17)13-5-6-16(22-3)12(2)11-13;1-10-9-11(3-4-14(10)21-2)19-13-6-8-22-7-5-12(13)15(18-19)16(17)20;1-10-9-11(3-4-14(10)21-2)18-13-6-8-22-7-5-12(13)15(17-18)16(19)20;1-2-15-10(13)9-7-3-5-14-6-4-8(7)11-12-9;1-9-4-2-3-7(5-8)6-9;7-6-2-1-4-8-5-3-6/h11,13,16H,4-10,12,14H2,1-3H3,(H,23,28);5-6,11H,4,7-10H2,1-3H3;3-4,9H,5-8H2,1-2H3,(H2,17,20);3-4,9H,5-8H2,1-2H3,(H,19,20);2-6H2,1H3,(H,11,12);7H,2-6,8H2,1H3;1-5H2. The Balaban J connectivity index is 0.000000152. The number of ether oxygens (including phenoxy) is 12. The summed E-state index contributed by atoms with van der Waals surface area (Å²) in [6.07, 6.45) is 15.9. The smallest absolute Gasteiger partial charge is 0.359 e. The van der Waals surface area contributed by atoms with Crippen LogP contribution in [0, 0.1) is 39.5 Å². The lowest BCUT2D eigenvalue weighted by Gasteiger charge is -2.29. The second kappa shape index (κ2) is 49.7. The Labute approximate surface area is 760 Å². The van der Waals surface area contributed by atoms with Gasteiger partial charge in [0.2, 0.25) is 5.88 Å². The fraction of sp³-hybridized carbons (Fsp3) is 0.537. The number of carboxylic acid groups (broad SMARTS) is 1. The number of hydrogen-bond acceptors (Lipinski definition) is 27. The number of carbonyl (C=O) groups is 6. The first kappa shape index (κ1) is 99.3. The van der Waals surface area contributed by atoms with E-state index in [-0.39, 0.29) is 23.5 Å². The average Bonchev–Trinajstić information content (AvgIpc) is 1.71. The molecule has 0 bridgehead atoms. The quantitative estimate of drug-likeness (QED) is 0.0499. The molecule has 6 aromatic heterocycles. The molecule has 0 saturated carbocycles. The Kier molecular flexibility index (Phi) is 37.9. The molecule has 9 aromatic rings. The van der Waals surface area contributed by atoms with Gasteiger partial charge in [0.05, 0.1) is 166 Å². The molecule has 17 rings (SSSR count). The number of primary amides is 1. The summed E-state index contributed by atoms with van der Waals surface area (Å²) in [6.45, 7) is 25.8. The Morgan fingerprint density at radius 2 is 0.869 bits per heavy atom. The van der Waals surface area contributed by atoms with Crippen molar-refractivity contribution in [2.75, 3.05) is 174 Å². The minimum absolute atomic E-state index is 0.0988. The van der Waals surface area contributed by atoms with E-state index in [9.17, 15) is 33.9 Å². The van der Waals surface area contributed by atoms with E-state index in [0.717, 1.165) is 183 Å². The lowest BCUT2D eigenvalue weighted by Crippen LogP contribution is -2.39. The van der Waals surface area contributed by atoms with Gasteiger partial charge in [-0.3, -0.25) is 19.5 Å². The van der Waals surface area contributed by atoms with Gasteiger partial charge in [-0.15, -0.1) is 0 Å². The van der Waals surface area contributed by atoms with Crippen LogP contribution in [0.4, 0.5) is 0 Å². The second-order valence-corrected chi connectivity index (χ2v) is 32.9. The third-order valence-corrected chi connectivity index (χ3v) is 23.7. The van der Waals surface area contributed by atoms with Crippen molar-refractivity contribution in [3.8, 4) is 45.9 Å². The molecule has 130 heavy (non-hydrogen) atoms. The van der Waals surface area contributed by atoms with E-state index < -0.39 is 11.9 Å². The van der Waals surface area contributed by atoms with Crippen molar-refractivity contribution in [3.63, 3.8) is 0 Å². The maximum absolute atomic E-state index is 13.1. The van der Waals surface area contributed by atoms with Crippen LogP contribution in [0.5, 0.6) is 23.1 Å². The number of methoxy groups -OCH3 is 4. The summed E-state index contributed by atoms with van der Waals surface area (Å²) in [5.74, 6) is 2.32. The number of fused-ring (bicyclic) bond motifs is 5. The van der Waals surface area contributed by atoms with Gasteiger partial charge in [0.25, 0.3) is 11.8 Å². The topological polar surface area (TPSA) is 417 Å². The van der Waals surface area contributed by atoms with E-state index in [1.54, 1.807) is 57.8 Å². The van der Waals surface area contributed by atoms with Crippen LogP contribution in [0.2, 0.25) is 0 Å². The molecule has 8 aliphatic rings. The molecule has 2 atom stereocenters. The summed E-state index contributed by atoms with van der Waals surface area (Å²) in [5, 5.41) is 37.5. The lowest BCUT2D eigenvalue weighted by atomic mass is 9.98. The van der Waals surface area contributed by atoms with Crippen LogP contribution in [0.1, 0.15) is 190 Å². The molecule has 3 saturated heterocycles. The summed E-state index contributed by atoms with van der Waals surface area (Å²) in [5.41, 5.74) is 29.7. The minimum Gasteiger partial charge on any atom is -0.496 e. The van der Waals surface area contributed by atoms with E-state index >= 15 is 0 Å². The maximum Gasteiger partial charge on any atom is 0.359 e. The summed E-state index contributed by atoms with van der Waals surface area (Å²) in [4.78, 5) is 79.7. The van der Waals surface area contributed by atoms with Crippen LogP contribution in [0.15, 0.2) is 66.9 Å². The number of ketones is 1. The monoisotopic (exact) mass is 1800 g/mol. The summed E-state index contributed by atoms with van der Waals surface area (Å²) < 4.78 is 71.1. The highest BCUT2D eigenvalue weighted by molar-refractivity contribution is 5.95. The van der Waals surface area contributed by atoms with Gasteiger partial charge < -0.3 is 88.5 Å². The third-order valence-electron chi connectivity index (χ3n) is 23.7. The Bertz CT molecular complexity index is 5150. The highest BCUT2D eigenvalue weighted by Gasteiger charge is 2.32. The molecule has 7 N–H and O–H groups in total. The van der Waals surface area contributed by atoms with Crippen LogP contribution in [-0.2, 0) is 107 Å². The Morgan fingerprint density at radius 1 is 0.469 bits per heavy atom. The number of aromatic carboxylic acids is 1. The molecule has 2 unspecified atom stereocenters. The number of Topliss-reactive ketones (excluding diaryl/α,β-unsaturated/α-hetero) is 1. The van der Waals surface area contributed by atoms with Crippen LogP contribution < -0.4 is 35.7 Å². The SMILES string of the molecule is CCOC(=O)c1n[nH]c2c1CCOCC2.CCOC(=O)c1nn(-c2ccc(OC)c(C)c2)c2c1CCOCC2.CN1CCCC(CN)C1.COc1ccc(-n2nc(C(=O)O)c3c2CCOCC3)cc1C.COc1ccc(-n2nc(C(N)=O)c3c2CCOCC3)cc1C.COc1ncc(-n2nc(C(=O)NCC3CCCN(C)C3)c3c2CCOCC3)cc1C.O=C1CCCOCC1. The second-order valence-electron chi connectivity index (χ2n) is 32.9. The van der Waals surface area contributed by atoms with Crippen molar-refractivity contribution in [3.05, 3.63) is 174 Å². The van der Waals surface area contributed by atoms with Crippen LogP contribution in [0.25, 0.3) is 22.7 Å². The zero-order chi connectivity index (χ0) is 92.8. The van der Waals surface area contributed by atoms with E-state index in [2.05, 4.69) is 59.7 Å². The molecular weight excluding hydrogens is 1670 g/mol. The number of nitrogens with zero attached hydrogens (tertiary/aromatic N) is 12. The number of aromatic amines is 1. The summed E-state index contributed by atoms with van der Waals surface area (Å²) in [7, 11) is 10.8. The summed E-state index contributed by atoms with van der Waals surface area (Å²) in [6, 6.07) is 19.4. The first-order valence-corrected chi connectivity index (χ1v) is 45.2. The number of nitrogens with one attached hydrogen (secondary N) is 2. The first-order valence-electron chi connectivity index (χ1n) is 45.2. The number of carbonyl (C=O) groups excluding carboxylic acids is 5. The van der Waals surface area contributed by atoms with Gasteiger partial charge in [0.1, 0.15) is 23.0 Å². The van der Waals surface area contributed by atoms with Crippen molar-refractivity contribution in [2.45, 2.75) is 151 Å². The molecule has 3 fully saturated rings. The largest absolute Gasteiger partial charge is 0.496 e. The molecule has 2 amide bonds. The van der Waals surface area contributed by atoms with Gasteiger partial charge >= 0.3 is 17.9 Å². The highest BCUT2D eigenvalue weighted by atomic mass is 16.5. The molecule has 3 aromatic carbocycles. The number of benzene rings is 3. The molecule has 8 aliphatic heterocycles. The molecular formula is C95H130N16O19. The predicted octanol–water partition coefficient (Wildman–Crippen LogP) is 9.40. The fourth-order valence-corrected chi connectivity index (χ4v) is 17.1. The number of aromatic nitrogens is 11. The number of rotatable bonds is 18. The number of esters is 2. The predicted molar refractivity (Wildman–Crippen MR) is 486 cm³/mol. The number of carboxylic acids is 1. The Morgan fingerprint density at radius 3 is 1.32 bits per heavy atom. The van der Waals surface area contributed by atoms with Crippen molar-refractivity contribution in [1.29, 1.82) is 0 Å². The Hall–Kier alpha value is -11.3. The minimum atomic E-state index is -0.998. The van der Waals surface area contributed by atoms with Crippen LogP contribution in [-0.4, -0.2) is 279 Å². The van der Waals surface area contributed by atoms with Gasteiger partial charge in [-0.2, -0.15) is 25.5 Å². The van der Waals surface area contributed by atoms with Gasteiger partial charge in [-0.25, -0.2) is 38.1 Å². The summed E-state index contributed by atoms with van der Waals surface area (Å²) >= 11 is 0. The van der Waals surface area contributed by atoms with Gasteiger partial charge in [-0.1, -0.05) is 0 Å². The molecule has 14 heterocycles. The number of hydrogen-bond donors (Lipinski definition) is 5. The molecule has 0 radical (unpaired) electrons. The van der Waals surface area contributed by atoms with E-state index in [4.69, 9.17) is 73.4 Å². The molecule has 35 heteroatoms. The number of aryl methyl sites for hydroxylation is 4. The van der Waals surface area contributed by atoms with Crippen molar-refractivity contribution < 1.29 is 90.7 Å². The van der Waals surface area contributed by atoms with Gasteiger partial charge in [0.15, 0.2) is 28.5 Å². The third kappa shape index (κ3) is 26.3. The van der Waals surface area contributed by atoms with Gasteiger partial charge in [0, 0.05) is 130 Å². The van der Waals surface area contributed by atoms with Gasteiger partial charge in [-0.05, 0) is 209 Å². The maximum atomic E-state index is 13.1. The first-order chi connectivity index (χ1) is 63.0. The van der Waals surface area contributed by atoms with Crippen LogP contribution >= 0.6 is 0 Å². The number of H-pyrrole nitrogens is 1. The molecule has 704 valence electrons. The number of pyridine rings is 1. The number of nitrogens with two attached hydrogens (primary N) is 2. The molecule has 0 aliphatic carbocycles. The van der Waals surface area contributed by atoms with Crippen molar-refractivity contribution in [1.82, 2.24) is 69.4 Å². The van der Waals surface area contributed by atoms with Crippen molar-refractivity contribution in [2.24, 2.45) is 23.3 Å². The highest BCUT2D eigenvalue weighted by Crippen LogP contribution is 2.33. The zero-order valence-corrected chi connectivity index (χ0v) is 77.5. The fourth-order valence-electron chi connectivity index (χ4n) is 17.1. The van der Waals surface area contributed by atoms with E-state index in [1.807, 2.05) is 97.7 Å². The van der Waals surface area contributed by atoms with Crippen LogP contribution in [0.3, 0.4) is 0 Å². The van der Waals surface area contributed by atoms with Crippen molar-refractivity contribution >= 4 is 35.5 Å². The van der Waals surface area contributed by atoms with E-state index in [0.29, 0.717) is 191 Å². The zero-order valence-electron chi connectivity index (χ0n) is 77.5. The number of piperidine rings is 2. The molecule has 35 nitrogen and oxygen atoms in total. The lowest BCUT2D eigenvalue weighted by molar-refractivity contribution is -0.119. The number of likely N-dealkylation sites (tertiary alicyclic amines) is 2. The average molecular weight is 1800 g/mol. The number of amides is 2. The normalized spacial score (nSPS) is 17.3.